The molecule has 6 heteroatoms. The van der Waals surface area contributed by atoms with Crippen LogP contribution in [0.5, 0.6) is 11.5 Å². The molecule has 0 N–H and O–H groups in total. The molecule has 3 aromatic carbocycles. The fraction of sp³-hybridized carbons (Fsp3) is 0.378. The van der Waals surface area contributed by atoms with Gasteiger partial charge in [-0.05, 0) is 85.0 Å². The first kappa shape index (κ1) is 34.5. The molecule has 0 spiro atoms. The fourth-order valence-corrected chi connectivity index (χ4v) is 5.23. The van der Waals surface area contributed by atoms with Crippen molar-refractivity contribution in [2.45, 2.75) is 84.3 Å². The number of unbranched alkanes of at least 4 members (excludes halogenated alkanes) is 6. The van der Waals surface area contributed by atoms with Gasteiger partial charge in [0.05, 0.1) is 12.6 Å². The van der Waals surface area contributed by atoms with Gasteiger partial charge in [-0.25, -0.2) is 0 Å². The van der Waals surface area contributed by atoms with Crippen molar-refractivity contribution in [2.75, 3.05) is 6.61 Å². The predicted octanol–water partition coefficient (Wildman–Crippen LogP) is 4.58. The van der Waals surface area contributed by atoms with E-state index in [1.54, 1.807) is 0 Å². The molecule has 1 atom stereocenters. The van der Waals surface area contributed by atoms with Crippen molar-refractivity contribution in [3.05, 3.63) is 108 Å². The SMILES string of the molecule is CCCCCCCCCOc1ccc(CCn2c(C)ccc2-c2ccc(O[C@H](Cc3ccccc3)C(=O)[O-])cc2)cc1.[Na+]. The summed E-state index contributed by atoms with van der Waals surface area (Å²) in [6.07, 6.45) is 9.10. The van der Waals surface area contributed by atoms with Gasteiger partial charge in [-0.15, -0.1) is 0 Å². The molecular formula is C37H44NNaO4. The Morgan fingerprint density at radius 3 is 2.09 bits per heavy atom. The summed E-state index contributed by atoms with van der Waals surface area (Å²) >= 11 is 0. The summed E-state index contributed by atoms with van der Waals surface area (Å²) in [5.74, 6) is 0.225. The van der Waals surface area contributed by atoms with Crippen LogP contribution in [0, 0.1) is 6.92 Å². The average molecular weight is 590 g/mol. The molecule has 222 valence electrons. The quantitative estimate of drug-likeness (QED) is 0.126. The van der Waals surface area contributed by atoms with Crippen LogP contribution in [-0.4, -0.2) is 23.2 Å². The van der Waals surface area contributed by atoms with Crippen molar-refractivity contribution >= 4 is 5.97 Å². The Balaban J connectivity index is 0.00000506. The van der Waals surface area contributed by atoms with E-state index < -0.39 is 12.1 Å². The largest absolute Gasteiger partial charge is 1.00 e. The van der Waals surface area contributed by atoms with E-state index in [9.17, 15) is 9.90 Å². The fourth-order valence-electron chi connectivity index (χ4n) is 5.23. The molecule has 1 aromatic heterocycles. The Labute approximate surface area is 279 Å². The molecule has 43 heavy (non-hydrogen) atoms. The monoisotopic (exact) mass is 589 g/mol. The normalized spacial score (nSPS) is 11.5. The summed E-state index contributed by atoms with van der Waals surface area (Å²) in [7, 11) is 0. The molecule has 0 fully saturated rings. The van der Waals surface area contributed by atoms with Gasteiger partial charge >= 0.3 is 29.6 Å². The molecule has 0 aliphatic rings. The molecule has 0 radical (unpaired) electrons. The number of ether oxygens (including phenoxy) is 2. The van der Waals surface area contributed by atoms with Gasteiger partial charge in [0.1, 0.15) is 17.6 Å². The van der Waals surface area contributed by atoms with Gasteiger partial charge in [0.2, 0.25) is 0 Å². The standard InChI is InChI=1S/C37H45NO4.Na/c1-3-4-5-6-7-8-12-27-41-33-20-16-30(17-21-33)25-26-38-29(2)15-24-35(38)32-18-22-34(23-19-32)42-36(37(39)40)28-31-13-10-9-11-14-31;/h9-11,13-24,36H,3-8,12,25-28H2,1-2H3,(H,39,40);/q;+1/p-1/t36-;/m1./s1. The van der Waals surface area contributed by atoms with E-state index >= 15 is 0 Å². The van der Waals surface area contributed by atoms with Gasteiger partial charge in [0.15, 0.2) is 0 Å². The van der Waals surface area contributed by atoms with Crippen molar-refractivity contribution in [2.24, 2.45) is 0 Å². The molecule has 0 unspecified atom stereocenters. The van der Waals surface area contributed by atoms with E-state index in [4.69, 9.17) is 9.47 Å². The van der Waals surface area contributed by atoms with Crippen LogP contribution in [0.1, 0.15) is 68.7 Å². The molecule has 1 heterocycles. The Kier molecular flexibility index (Phi) is 14.9. The van der Waals surface area contributed by atoms with Gasteiger partial charge in [0, 0.05) is 24.4 Å². The minimum Gasteiger partial charge on any atom is -0.546 e. The zero-order valence-corrected chi connectivity index (χ0v) is 28.1. The summed E-state index contributed by atoms with van der Waals surface area (Å²) in [4.78, 5) is 11.7. The smallest absolute Gasteiger partial charge is 0.546 e. The van der Waals surface area contributed by atoms with Crippen LogP contribution in [0.25, 0.3) is 11.3 Å². The Bertz CT molecular complexity index is 1350. The minimum atomic E-state index is -1.22. The second-order valence-electron chi connectivity index (χ2n) is 11.0. The number of rotatable bonds is 18. The van der Waals surface area contributed by atoms with Crippen LogP contribution in [0.15, 0.2) is 91.0 Å². The molecule has 4 rings (SSSR count). The maximum atomic E-state index is 11.7. The van der Waals surface area contributed by atoms with Crippen LogP contribution in [-0.2, 0) is 24.2 Å². The molecular weight excluding hydrogens is 545 g/mol. The Morgan fingerprint density at radius 1 is 0.767 bits per heavy atom. The van der Waals surface area contributed by atoms with E-state index in [0.29, 0.717) is 5.75 Å². The Hall–Kier alpha value is -2.99. The third kappa shape index (κ3) is 11.2. The number of hydrogen-bond donors (Lipinski definition) is 0. The molecule has 0 bridgehead atoms. The number of carboxylic acid groups (broad SMARTS) is 1. The molecule has 4 aromatic rings. The number of carboxylic acids is 1. The number of nitrogens with zero attached hydrogens (tertiary/aromatic N) is 1. The molecule has 0 aliphatic carbocycles. The second-order valence-corrected chi connectivity index (χ2v) is 11.0. The van der Waals surface area contributed by atoms with Crippen molar-refractivity contribution in [3.8, 4) is 22.8 Å². The third-order valence-corrected chi connectivity index (χ3v) is 7.72. The first-order chi connectivity index (χ1) is 20.5. The Morgan fingerprint density at radius 2 is 1.42 bits per heavy atom. The van der Waals surface area contributed by atoms with Crippen LogP contribution >= 0.6 is 0 Å². The number of aryl methyl sites for hydroxylation is 2. The first-order valence-corrected chi connectivity index (χ1v) is 15.4. The molecule has 0 aliphatic heterocycles. The van der Waals surface area contributed by atoms with Crippen molar-refractivity contribution in [1.82, 2.24) is 4.57 Å². The second kappa shape index (κ2) is 18.6. The number of benzene rings is 3. The first-order valence-electron chi connectivity index (χ1n) is 15.4. The summed E-state index contributed by atoms with van der Waals surface area (Å²) in [5.41, 5.74) is 5.53. The van der Waals surface area contributed by atoms with Crippen LogP contribution in [0.2, 0.25) is 0 Å². The van der Waals surface area contributed by atoms with Gasteiger partial charge in [0.25, 0.3) is 0 Å². The van der Waals surface area contributed by atoms with E-state index in [1.165, 1.54) is 49.8 Å². The number of carbonyl (C=O) groups excluding carboxylic acids is 1. The van der Waals surface area contributed by atoms with Gasteiger partial charge in [-0.3, -0.25) is 0 Å². The summed E-state index contributed by atoms with van der Waals surface area (Å²) in [6, 6.07) is 29.8. The van der Waals surface area contributed by atoms with E-state index in [-0.39, 0.29) is 36.0 Å². The molecule has 0 saturated carbocycles. The zero-order chi connectivity index (χ0) is 29.6. The zero-order valence-electron chi connectivity index (χ0n) is 26.1. The number of carbonyl (C=O) groups is 1. The van der Waals surface area contributed by atoms with Gasteiger partial charge in [-0.1, -0.05) is 87.9 Å². The maximum Gasteiger partial charge on any atom is 1.00 e. The molecule has 0 saturated heterocycles. The van der Waals surface area contributed by atoms with Gasteiger partial charge in [-0.2, -0.15) is 0 Å². The third-order valence-electron chi connectivity index (χ3n) is 7.72. The maximum absolute atomic E-state index is 11.7. The molecule has 0 amide bonds. The van der Waals surface area contributed by atoms with Crippen molar-refractivity contribution in [3.63, 3.8) is 0 Å². The van der Waals surface area contributed by atoms with Crippen molar-refractivity contribution in [1.29, 1.82) is 0 Å². The summed E-state index contributed by atoms with van der Waals surface area (Å²) < 4.78 is 14.1. The number of aromatic nitrogens is 1. The predicted molar refractivity (Wildman–Crippen MR) is 168 cm³/mol. The average Bonchev–Trinajstić information content (AvgIpc) is 3.38. The van der Waals surface area contributed by atoms with Crippen molar-refractivity contribution < 1.29 is 48.9 Å². The molecule has 5 nitrogen and oxygen atoms in total. The van der Waals surface area contributed by atoms with Crippen LogP contribution in [0.4, 0.5) is 0 Å². The van der Waals surface area contributed by atoms with E-state index in [0.717, 1.165) is 48.6 Å². The van der Waals surface area contributed by atoms with Crippen LogP contribution < -0.4 is 44.1 Å². The van der Waals surface area contributed by atoms with E-state index in [2.05, 4.69) is 54.8 Å². The number of hydrogen-bond acceptors (Lipinski definition) is 4. The topological polar surface area (TPSA) is 63.5 Å². The van der Waals surface area contributed by atoms with Gasteiger partial charge < -0.3 is 23.9 Å². The van der Waals surface area contributed by atoms with E-state index in [1.807, 2.05) is 54.6 Å². The number of aliphatic carboxylic acids is 1. The van der Waals surface area contributed by atoms with Crippen LogP contribution in [0.3, 0.4) is 0 Å². The summed E-state index contributed by atoms with van der Waals surface area (Å²) in [6.45, 7) is 6.01. The minimum absolute atomic E-state index is 0. The summed E-state index contributed by atoms with van der Waals surface area (Å²) in [5, 5.41) is 11.7.